The molecule has 0 spiro atoms. The van der Waals surface area contributed by atoms with Crippen molar-refractivity contribution in [2.24, 2.45) is 12.5 Å². The van der Waals surface area contributed by atoms with Gasteiger partial charge in [0.15, 0.2) is 0 Å². The van der Waals surface area contributed by atoms with Crippen molar-refractivity contribution in [2.45, 2.75) is 25.7 Å². The van der Waals surface area contributed by atoms with Crippen molar-refractivity contribution < 1.29 is 5.11 Å². The zero-order chi connectivity index (χ0) is 9.69. The molecule has 0 aromatic carbocycles. The first-order valence-electron chi connectivity index (χ1n) is 4.63. The lowest BCUT2D eigenvalue weighted by molar-refractivity contribution is 0.228. The van der Waals surface area contributed by atoms with E-state index in [9.17, 15) is 5.11 Å². The highest BCUT2D eigenvalue weighted by atomic mass is 16.3. The first-order valence-corrected chi connectivity index (χ1v) is 4.63. The van der Waals surface area contributed by atoms with E-state index < -0.39 is 0 Å². The van der Waals surface area contributed by atoms with Crippen molar-refractivity contribution >= 4 is 0 Å². The number of hydrogen-bond donors (Lipinski definition) is 1. The molecule has 72 valence electrons. The van der Waals surface area contributed by atoms with Gasteiger partial charge in [-0.15, -0.1) is 0 Å². The van der Waals surface area contributed by atoms with Crippen molar-refractivity contribution in [3.05, 3.63) is 18.0 Å². The van der Waals surface area contributed by atoms with Gasteiger partial charge in [0, 0.05) is 18.7 Å². The second-order valence-corrected chi connectivity index (χ2v) is 4.68. The van der Waals surface area contributed by atoms with Crippen molar-refractivity contribution in [1.29, 1.82) is 0 Å². The van der Waals surface area contributed by atoms with E-state index in [0.717, 1.165) is 12.1 Å². The normalized spacial score (nSPS) is 30.5. The summed E-state index contributed by atoms with van der Waals surface area (Å²) in [6.45, 7) is 4.56. The van der Waals surface area contributed by atoms with Gasteiger partial charge < -0.3 is 5.11 Å². The first kappa shape index (κ1) is 8.75. The van der Waals surface area contributed by atoms with Crippen LogP contribution in [0.2, 0.25) is 0 Å². The predicted molar refractivity (Wildman–Crippen MR) is 50.4 cm³/mol. The fourth-order valence-electron chi connectivity index (χ4n) is 2.17. The molecule has 0 saturated heterocycles. The van der Waals surface area contributed by atoms with Gasteiger partial charge in [0.25, 0.3) is 0 Å². The molecule has 1 heterocycles. The van der Waals surface area contributed by atoms with E-state index in [1.807, 2.05) is 19.3 Å². The molecule has 1 N–H and O–H groups in total. The van der Waals surface area contributed by atoms with E-state index in [0.29, 0.717) is 0 Å². The van der Waals surface area contributed by atoms with Crippen molar-refractivity contribution in [3.63, 3.8) is 0 Å². The molecule has 1 aliphatic rings. The number of aliphatic hydroxyl groups is 1. The average Bonchev–Trinajstić information content (AvgIpc) is 2.43. The molecule has 1 atom stereocenters. The first-order chi connectivity index (χ1) is 6.02. The van der Waals surface area contributed by atoms with Gasteiger partial charge in [-0.05, 0) is 17.9 Å². The van der Waals surface area contributed by atoms with E-state index in [2.05, 4.69) is 18.9 Å². The summed E-state index contributed by atoms with van der Waals surface area (Å²) in [4.78, 5) is 0. The van der Waals surface area contributed by atoms with Gasteiger partial charge in [-0.25, -0.2) is 0 Å². The fourth-order valence-corrected chi connectivity index (χ4v) is 2.17. The number of rotatable bonds is 2. The Bertz CT molecular complexity index is 329. The minimum Gasteiger partial charge on any atom is -0.395 e. The zero-order valence-corrected chi connectivity index (χ0v) is 8.41. The molecule has 1 saturated carbocycles. The zero-order valence-electron chi connectivity index (χ0n) is 8.41. The molecule has 1 aromatic rings. The fraction of sp³-hybridized carbons (Fsp3) is 0.700. The highest BCUT2D eigenvalue weighted by Gasteiger charge is 2.63. The van der Waals surface area contributed by atoms with Gasteiger partial charge in [0.2, 0.25) is 0 Å². The van der Waals surface area contributed by atoms with Gasteiger partial charge >= 0.3 is 0 Å². The quantitative estimate of drug-likeness (QED) is 0.739. The second-order valence-electron chi connectivity index (χ2n) is 4.68. The molecule has 3 heteroatoms. The molecule has 0 aliphatic heterocycles. The molecule has 1 aliphatic carbocycles. The van der Waals surface area contributed by atoms with Gasteiger partial charge in [-0.3, -0.25) is 4.68 Å². The molecular formula is C10H16N2O. The summed E-state index contributed by atoms with van der Waals surface area (Å²) in [5.74, 6) is 0. The van der Waals surface area contributed by atoms with E-state index in [1.54, 1.807) is 4.68 Å². The minimum atomic E-state index is -0.0751. The van der Waals surface area contributed by atoms with Crippen LogP contribution in [0.4, 0.5) is 0 Å². The summed E-state index contributed by atoms with van der Waals surface area (Å²) in [6, 6.07) is 2.00. The summed E-state index contributed by atoms with van der Waals surface area (Å²) in [6.07, 6.45) is 2.97. The van der Waals surface area contributed by atoms with Crippen molar-refractivity contribution in [1.82, 2.24) is 9.78 Å². The Labute approximate surface area is 78.4 Å². The van der Waals surface area contributed by atoms with Crippen LogP contribution in [0.1, 0.15) is 26.0 Å². The Hall–Kier alpha value is -0.830. The largest absolute Gasteiger partial charge is 0.395 e. The summed E-state index contributed by atoms with van der Waals surface area (Å²) in [5, 5.41) is 13.8. The predicted octanol–water partition coefficient (Wildman–Crippen LogP) is 1.08. The highest BCUT2D eigenvalue weighted by Crippen LogP contribution is 2.63. The SMILES string of the molecule is Cn1ccc(C2(CO)CC2(C)C)n1. The molecule has 0 radical (unpaired) electrons. The molecule has 13 heavy (non-hydrogen) atoms. The van der Waals surface area contributed by atoms with Crippen molar-refractivity contribution in [2.75, 3.05) is 6.61 Å². The Morgan fingerprint density at radius 3 is 2.54 bits per heavy atom. The van der Waals surface area contributed by atoms with Gasteiger partial charge in [-0.2, -0.15) is 5.10 Å². The lowest BCUT2D eigenvalue weighted by Gasteiger charge is -2.14. The molecular weight excluding hydrogens is 164 g/mol. The van der Waals surface area contributed by atoms with Gasteiger partial charge in [-0.1, -0.05) is 13.8 Å². The van der Waals surface area contributed by atoms with E-state index in [1.165, 1.54) is 0 Å². The summed E-state index contributed by atoms with van der Waals surface area (Å²) in [7, 11) is 1.91. The third-order valence-corrected chi connectivity index (χ3v) is 3.39. The van der Waals surface area contributed by atoms with E-state index in [-0.39, 0.29) is 17.4 Å². The van der Waals surface area contributed by atoms with Crippen LogP contribution < -0.4 is 0 Å². The Balaban J connectivity index is 2.35. The van der Waals surface area contributed by atoms with E-state index >= 15 is 0 Å². The lowest BCUT2D eigenvalue weighted by atomic mass is 9.93. The maximum absolute atomic E-state index is 9.41. The molecule has 1 aromatic heterocycles. The summed E-state index contributed by atoms with van der Waals surface area (Å²) < 4.78 is 1.79. The van der Waals surface area contributed by atoms with E-state index in [4.69, 9.17) is 0 Å². The Morgan fingerprint density at radius 1 is 1.62 bits per heavy atom. The van der Waals surface area contributed by atoms with Crippen molar-refractivity contribution in [3.8, 4) is 0 Å². The van der Waals surface area contributed by atoms with Gasteiger partial charge in [0.05, 0.1) is 12.3 Å². The van der Waals surface area contributed by atoms with Crippen LogP contribution in [0, 0.1) is 5.41 Å². The molecule has 1 unspecified atom stereocenters. The molecule has 3 nitrogen and oxygen atoms in total. The molecule has 0 amide bonds. The number of hydrogen-bond acceptors (Lipinski definition) is 2. The maximum Gasteiger partial charge on any atom is 0.0714 e. The van der Waals surface area contributed by atoms with Crippen LogP contribution in [0.25, 0.3) is 0 Å². The minimum absolute atomic E-state index is 0.0751. The topological polar surface area (TPSA) is 38.0 Å². The van der Waals surface area contributed by atoms with Crippen LogP contribution in [0.15, 0.2) is 12.3 Å². The molecule has 0 bridgehead atoms. The monoisotopic (exact) mass is 180 g/mol. The Kier molecular flexibility index (Phi) is 1.58. The molecule has 2 rings (SSSR count). The maximum atomic E-state index is 9.41. The van der Waals surface area contributed by atoms with Crippen LogP contribution >= 0.6 is 0 Å². The third kappa shape index (κ3) is 1.03. The summed E-state index contributed by atoms with van der Waals surface area (Å²) >= 11 is 0. The number of aryl methyl sites for hydroxylation is 1. The van der Waals surface area contributed by atoms with Crippen LogP contribution in [-0.2, 0) is 12.5 Å². The summed E-state index contributed by atoms with van der Waals surface area (Å²) in [5.41, 5.74) is 1.16. The van der Waals surface area contributed by atoms with Gasteiger partial charge in [0.1, 0.15) is 0 Å². The smallest absolute Gasteiger partial charge is 0.0714 e. The lowest BCUT2D eigenvalue weighted by Crippen LogP contribution is -2.20. The van der Waals surface area contributed by atoms with Crippen LogP contribution in [-0.4, -0.2) is 21.5 Å². The third-order valence-electron chi connectivity index (χ3n) is 3.39. The second kappa shape index (κ2) is 2.35. The molecule has 1 fully saturated rings. The average molecular weight is 180 g/mol. The Morgan fingerprint density at radius 2 is 2.23 bits per heavy atom. The number of nitrogens with zero attached hydrogens (tertiary/aromatic N) is 2. The highest BCUT2D eigenvalue weighted by molar-refractivity contribution is 5.31. The number of aliphatic hydroxyl groups excluding tert-OH is 1. The standard InChI is InChI=1S/C10H16N2O/c1-9(2)6-10(9,7-13)8-4-5-12(3)11-8/h4-5,13H,6-7H2,1-3H3. The number of aromatic nitrogens is 2. The van der Waals surface area contributed by atoms with Crippen LogP contribution in [0.5, 0.6) is 0 Å². The van der Waals surface area contributed by atoms with Crippen LogP contribution in [0.3, 0.4) is 0 Å².